The summed E-state index contributed by atoms with van der Waals surface area (Å²) in [5.74, 6) is 0.549. The van der Waals surface area contributed by atoms with Crippen LogP contribution in [0.1, 0.15) is 30.7 Å². The van der Waals surface area contributed by atoms with Crippen LogP contribution in [-0.2, 0) is 6.42 Å². The number of pyridine rings is 1. The van der Waals surface area contributed by atoms with Crippen LogP contribution in [0.4, 0.5) is 0 Å². The maximum absolute atomic E-state index is 12.0. The van der Waals surface area contributed by atoms with E-state index in [1.54, 1.807) is 6.07 Å². The Kier molecular flexibility index (Phi) is 3.05. The standard InChI is InChI=1S/C15H19NO/c1-9(2)7-12-8-14(17)13-6-5-10(3)11(4)15(13)16-12/h5-6,8-9H,7H2,1-4H3,(H,16,17). The largest absolute Gasteiger partial charge is 0.358 e. The Bertz CT molecular complexity index is 608. The molecule has 2 aromatic rings. The van der Waals surface area contributed by atoms with Gasteiger partial charge in [-0.1, -0.05) is 19.9 Å². The van der Waals surface area contributed by atoms with Crippen molar-refractivity contribution in [3.8, 4) is 0 Å². The third-order valence-corrected chi connectivity index (χ3v) is 3.22. The molecule has 1 aromatic carbocycles. The van der Waals surface area contributed by atoms with E-state index in [4.69, 9.17) is 0 Å². The molecular formula is C15H19NO. The van der Waals surface area contributed by atoms with Gasteiger partial charge in [0.05, 0.1) is 5.52 Å². The highest BCUT2D eigenvalue weighted by Gasteiger charge is 2.07. The van der Waals surface area contributed by atoms with Crippen molar-refractivity contribution in [3.63, 3.8) is 0 Å². The lowest BCUT2D eigenvalue weighted by atomic mass is 10.0. The molecule has 1 aromatic heterocycles. The summed E-state index contributed by atoms with van der Waals surface area (Å²) in [5.41, 5.74) is 4.54. The number of fused-ring (bicyclic) bond motifs is 1. The Morgan fingerprint density at radius 1 is 1.24 bits per heavy atom. The normalized spacial score (nSPS) is 11.4. The summed E-state index contributed by atoms with van der Waals surface area (Å²) in [6.07, 6.45) is 0.915. The fourth-order valence-electron chi connectivity index (χ4n) is 2.16. The maximum Gasteiger partial charge on any atom is 0.189 e. The summed E-state index contributed by atoms with van der Waals surface area (Å²) in [7, 11) is 0. The van der Waals surface area contributed by atoms with Gasteiger partial charge in [0.15, 0.2) is 5.43 Å². The van der Waals surface area contributed by atoms with Crippen LogP contribution >= 0.6 is 0 Å². The van der Waals surface area contributed by atoms with Crippen molar-refractivity contribution in [3.05, 3.63) is 45.2 Å². The quantitative estimate of drug-likeness (QED) is 0.841. The molecule has 2 heteroatoms. The van der Waals surface area contributed by atoms with Gasteiger partial charge in [-0.05, 0) is 43.4 Å². The number of rotatable bonds is 2. The zero-order valence-corrected chi connectivity index (χ0v) is 10.9. The molecule has 2 nitrogen and oxygen atoms in total. The minimum absolute atomic E-state index is 0.123. The van der Waals surface area contributed by atoms with Crippen molar-refractivity contribution in [2.75, 3.05) is 0 Å². The van der Waals surface area contributed by atoms with Crippen LogP contribution in [0.2, 0.25) is 0 Å². The number of aromatic amines is 1. The Labute approximate surface area is 102 Å². The van der Waals surface area contributed by atoms with Crippen molar-refractivity contribution in [2.45, 2.75) is 34.1 Å². The molecule has 17 heavy (non-hydrogen) atoms. The molecule has 1 N–H and O–H groups in total. The van der Waals surface area contributed by atoms with Gasteiger partial charge in [-0.15, -0.1) is 0 Å². The number of aryl methyl sites for hydroxylation is 2. The first-order valence-electron chi connectivity index (χ1n) is 6.11. The van der Waals surface area contributed by atoms with Gasteiger partial charge in [-0.3, -0.25) is 4.79 Å². The van der Waals surface area contributed by atoms with Crippen molar-refractivity contribution in [2.24, 2.45) is 5.92 Å². The molecule has 0 aliphatic heterocycles. The Balaban J connectivity index is 2.70. The van der Waals surface area contributed by atoms with Crippen molar-refractivity contribution >= 4 is 10.9 Å². The highest BCUT2D eigenvalue weighted by atomic mass is 16.1. The van der Waals surface area contributed by atoms with E-state index >= 15 is 0 Å². The third kappa shape index (κ3) is 2.26. The van der Waals surface area contributed by atoms with Gasteiger partial charge >= 0.3 is 0 Å². The van der Waals surface area contributed by atoms with Gasteiger partial charge in [0.1, 0.15) is 0 Å². The molecule has 0 radical (unpaired) electrons. The summed E-state index contributed by atoms with van der Waals surface area (Å²) in [5, 5.41) is 0.792. The molecule has 0 saturated carbocycles. The number of hydrogen-bond donors (Lipinski definition) is 1. The van der Waals surface area contributed by atoms with Gasteiger partial charge in [0.2, 0.25) is 0 Å². The van der Waals surface area contributed by atoms with Crippen molar-refractivity contribution < 1.29 is 0 Å². The second kappa shape index (κ2) is 4.36. The first-order chi connectivity index (χ1) is 7.99. The van der Waals surface area contributed by atoms with E-state index in [1.807, 2.05) is 12.1 Å². The second-order valence-corrected chi connectivity index (χ2v) is 5.19. The van der Waals surface area contributed by atoms with E-state index in [-0.39, 0.29) is 5.43 Å². The zero-order chi connectivity index (χ0) is 12.6. The third-order valence-electron chi connectivity index (χ3n) is 3.22. The van der Waals surface area contributed by atoms with Crippen LogP contribution in [0, 0.1) is 19.8 Å². The average molecular weight is 229 g/mol. The Morgan fingerprint density at radius 2 is 1.94 bits per heavy atom. The van der Waals surface area contributed by atoms with E-state index in [0.717, 1.165) is 23.0 Å². The van der Waals surface area contributed by atoms with Crippen LogP contribution in [0.25, 0.3) is 10.9 Å². The first-order valence-corrected chi connectivity index (χ1v) is 6.11. The number of nitrogens with one attached hydrogen (secondary N) is 1. The lowest BCUT2D eigenvalue weighted by Crippen LogP contribution is -2.08. The molecule has 90 valence electrons. The van der Waals surface area contributed by atoms with Crippen LogP contribution in [0.3, 0.4) is 0 Å². The summed E-state index contributed by atoms with van der Waals surface area (Å²) < 4.78 is 0. The van der Waals surface area contributed by atoms with E-state index in [2.05, 4.69) is 32.7 Å². The van der Waals surface area contributed by atoms with Crippen LogP contribution in [-0.4, -0.2) is 4.98 Å². The molecule has 0 fully saturated rings. The molecular weight excluding hydrogens is 210 g/mol. The lowest BCUT2D eigenvalue weighted by Gasteiger charge is -2.10. The summed E-state index contributed by atoms with van der Waals surface area (Å²) in [4.78, 5) is 15.4. The summed E-state index contributed by atoms with van der Waals surface area (Å²) in [6.45, 7) is 8.45. The lowest BCUT2D eigenvalue weighted by molar-refractivity contribution is 0.636. The predicted octanol–water partition coefficient (Wildman–Crippen LogP) is 3.34. The average Bonchev–Trinajstić information content (AvgIpc) is 2.23. The van der Waals surface area contributed by atoms with Crippen molar-refractivity contribution in [1.82, 2.24) is 4.98 Å². The van der Waals surface area contributed by atoms with Crippen LogP contribution in [0.5, 0.6) is 0 Å². The van der Waals surface area contributed by atoms with Gasteiger partial charge in [-0.25, -0.2) is 0 Å². The molecule has 1 heterocycles. The van der Waals surface area contributed by atoms with E-state index in [9.17, 15) is 4.79 Å². The van der Waals surface area contributed by atoms with Gasteiger partial charge in [0.25, 0.3) is 0 Å². The molecule has 0 amide bonds. The molecule has 0 bridgehead atoms. The molecule has 0 spiro atoms. The van der Waals surface area contributed by atoms with Gasteiger partial charge in [0, 0.05) is 17.1 Å². The van der Waals surface area contributed by atoms with Crippen molar-refractivity contribution in [1.29, 1.82) is 0 Å². The molecule has 0 aliphatic rings. The fourth-order valence-corrected chi connectivity index (χ4v) is 2.16. The topological polar surface area (TPSA) is 32.9 Å². The minimum Gasteiger partial charge on any atom is -0.358 e. The van der Waals surface area contributed by atoms with Crippen LogP contribution < -0.4 is 5.43 Å². The van der Waals surface area contributed by atoms with Gasteiger partial charge in [-0.2, -0.15) is 0 Å². The predicted molar refractivity (Wildman–Crippen MR) is 72.6 cm³/mol. The fraction of sp³-hybridized carbons (Fsp3) is 0.400. The molecule has 0 unspecified atom stereocenters. The number of benzene rings is 1. The highest BCUT2D eigenvalue weighted by molar-refractivity contribution is 5.82. The minimum atomic E-state index is 0.123. The van der Waals surface area contributed by atoms with Crippen LogP contribution in [0.15, 0.2) is 23.0 Å². The van der Waals surface area contributed by atoms with E-state index < -0.39 is 0 Å². The van der Waals surface area contributed by atoms with E-state index in [0.29, 0.717) is 5.92 Å². The number of hydrogen-bond acceptors (Lipinski definition) is 1. The number of H-pyrrole nitrogens is 1. The van der Waals surface area contributed by atoms with Gasteiger partial charge < -0.3 is 4.98 Å². The SMILES string of the molecule is Cc1ccc2c(=O)cc(CC(C)C)[nH]c2c1C. The maximum atomic E-state index is 12.0. The zero-order valence-electron chi connectivity index (χ0n) is 10.9. The second-order valence-electron chi connectivity index (χ2n) is 5.19. The smallest absolute Gasteiger partial charge is 0.189 e. The number of aromatic nitrogens is 1. The monoisotopic (exact) mass is 229 g/mol. The van der Waals surface area contributed by atoms with E-state index in [1.165, 1.54) is 11.1 Å². The molecule has 0 saturated heterocycles. The molecule has 0 atom stereocenters. The first kappa shape index (κ1) is 11.9. The molecule has 2 rings (SSSR count). The molecule has 0 aliphatic carbocycles. The summed E-state index contributed by atoms with van der Waals surface area (Å²) >= 11 is 0. The highest BCUT2D eigenvalue weighted by Crippen LogP contribution is 2.18. The summed E-state index contributed by atoms with van der Waals surface area (Å²) in [6, 6.07) is 5.65. The Hall–Kier alpha value is -1.57. The Morgan fingerprint density at radius 3 is 2.59 bits per heavy atom.